The van der Waals surface area contributed by atoms with Crippen molar-refractivity contribution in [2.45, 2.75) is 52.6 Å². The molecule has 2 unspecified atom stereocenters. The lowest BCUT2D eigenvalue weighted by molar-refractivity contribution is 0.0977. The molecule has 1 nitrogen and oxygen atoms in total. The van der Waals surface area contributed by atoms with Crippen molar-refractivity contribution < 1.29 is 5.11 Å². The smallest absolute Gasteiger partial charge is 0.0545 e. The minimum absolute atomic E-state index is 0.219. The van der Waals surface area contributed by atoms with Crippen LogP contribution in [0, 0.1) is 11.8 Å². The Labute approximate surface area is 105 Å². The van der Waals surface area contributed by atoms with Crippen molar-refractivity contribution in [2.24, 2.45) is 11.8 Å². The summed E-state index contributed by atoms with van der Waals surface area (Å²) in [6, 6.07) is 6.90. The Kier molecular flexibility index (Phi) is 3.88. The first kappa shape index (κ1) is 12.6. The number of aryl methyl sites for hydroxylation is 2. The van der Waals surface area contributed by atoms with Gasteiger partial charge in [-0.1, -0.05) is 32.0 Å². The Morgan fingerprint density at radius 3 is 2.47 bits per heavy atom. The van der Waals surface area contributed by atoms with E-state index in [4.69, 9.17) is 0 Å². The zero-order valence-electron chi connectivity index (χ0n) is 11.2. The summed E-state index contributed by atoms with van der Waals surface area (Å²) in [6.45, 7) is 6.31. The van der Waals surface area contributed by atoms with Gasteiger partial charge < -0.3 is 5.11 Å². The lowest BCUT2D eigenvalue weighted by atomic mass is 9.85. The Balaban J connectivity index is 2.12. The molecule has 0 fully saturated rings. The standard InChI is InChI=1S/C16H24O/c1-11(2)16(12(3)17)10-13-7-8-14-5-4-6-15(14)9-13/h7-9,11-12,16-17H,4-6,10H2,1-3H3. The van der Waals surface area contributed by atoms with Gasteiger partial charge in [0.25, 0.3) is 0 Å². The van der Waals surface area contributed by atoms with Gasteiger partial charge in [-0.15, -0.1) is 0 Å². The van der Waals surface area contributed by atoms with Crippen LogP contribution < -0.4 is 0 Å². The van der Waals surface area contributed by atoms with Crippen molar-refractivity contribution in [1.82, 2.24) is 0 Å². The fraction of sp³-hybridized carbons (Fsp3) is 0.625. The summed E-state index contributed by atoms with van der Waals surface area (Å²) in [5.41, 5.74) is 4.47. The molecule has 0 aromatic heterocycles. The second-order valence-corrected chi connectivity index (χ2v) is 5.81. The van der Waals surface area contributed by atoms with Crippen LogP contribution in [0.1, 0.15) is 43.9 Å². The predicted molar refractivity (Wildman–Crippen MR) is 72.2 cm³/mol. The van der Waals surface area contributed by atoms with Crippen molar-refractivity contribution in [1.29, 1.82) is 0 Å². The minimum atomic E-state index is -0.219. The SMILES string of the molecule is CC(C)C(Cc1ccc2c(c1)CCC2)C(C)O. The van der Waals surface area contributed by atoms with Gasteiger partial charge in [-0.05, 0) is 61.1 Å². The first-order valence-corrected chi connectivity index (χ1v) is 6.86. The van der Waals surface area contributed by atoms with Gasteiger partial charge in [-0.2, -0.15) is 0 Å². The molecule has 1 N–H and O–H groups in total. The average Bonchev–Trinajstić information content (AvgIpc) is 2.71. The molecule has 94 valence electrons. The normalized spacial score (nSPS) is 18.2. The second kappa shape index (κ2) is 5.22. The minimum Gasteiger partial charge on any atom is -0.393 e. The lowest BCUT2D eigenvalue weighted by Crippen LogP contribution is -2.24. The van der Waals surface area contributed by atoms with Crippen molar-refractivity contribution in [3.8, 4) is 0 Å². The summed E-state index contributed by atoms with van der Waals surface area (Å²) in [7, 11) is 0. The quantitative estimate of drug-likeness (QED) is 0.844. The second-order valence-electron chi connectivity index (χ2n) is 5.81. The number of hydrogen-bond donors (Lipinski definition) is 1. The molecule has 0 aliphatic heterocycles. The van der Waals surface area contributed by atoms with E-state index < -0.39 is 0 Å². The molecule has 0 amide bonds. The van der Waals surface area contributed by atoms with Crippen LogP contribution in [0.3, 0.4) is 0 Å². The third-order valence-corrected chi connectivity index (χ3v) is 4.11. The molecule has 2 rings (SSSR count). The maximum Gasteiger partial charge on any atom is 0.0545 e. The number of aliphatic hydroxyl groups is 1. The van der Waals surface area contributed by atoms with Crippen LogP contribution in [0.5, 0.6) is 0 Å². The molecule has 17 heavy (non-hydrogen) atoms. The summed E-state index contributed by atoms with van der Waals surface area (Å²) < 4.78 is 0. The molecular weight excluding hydrogens is 208 g/mol. The highest BCUT2D eigenvalue weighted by Crippen LogP contribution is 2.26. The summed E-state index contributed by atoms with van der Waals surface area (Å²) in [5.74, 6) is 0.901. The molecule has 2 atom stereocenters. The molecule has 0 spiro atoms. The van der Waals surface area contributed by atoms with Gasteiger partial charge >= 0.3 is 0 Å². The van der Waals surface area contributed by atoms with Gasteiger partial charge in [0, 0.05) is 0 Å². The van der Waals surface area contributed by atoms with Crippen LogP contribution in [-0.4, -0.2) is 11.2 Å². The monoisotopic (exact) mass is 232 g/mol. The third kappa shape index (κ3) is 2.90. The summed E-state index contributed by atoms with van der Waals surface area (Å²) >= 11 is 0. The third-order valence-electron chi connectivity index (χ3n) is 4.11. The van der Waals surface area contributed by atoms with Gasteiger partial charge in [0.1, 0.15) is 0 Å². The lowest BCUT2D eigenvalue weighted by Gasteiger charge is -2.24. The van der Waals surface area contributed by atoms with E-state index in [1.165, 1.54) is 36.0 Å². The van der Waals surface area contributed by atoms with E-state index in [1.807, 2.05) is 6.92 Å². The Morgan fingerprint density at radius 2 is 1.82 bits per heavy atom. The van der Waals surface area contributed by atoms with Crippen LogP contribution in [0.4, 0.5) is 0 Å². The molecule has 0 radical (unpaired) electrons. The maximum absolute atomic E-state index is 9.84. The Bertz CT molecular complexity index is 371. The zero-order chi connectivity index (χ0) is 12.4. The van der Waals surface area contributed by atoms with Crippen LogP contribution >= 0.6 is 0 Å². The van der Waals surface area contributed by atoms with Crippen molar-refractivity contribution in [2.75, 3.05) is 0 Å². The Hall–Kier alpha value is -0.820. The summed E-state index contributed by atoms with van der Waals surface area (Å²) in [6.07, 6.45) is 4.58. The number of rotatable bonds is 4. The molecule has 1 aliphatic carbocycles. The number of hydrogen-bond acceptors (Lipinski definition) is 1. The number of aliphatic hydroxyl groups excluding tert-OH is 1. The van der Waals surface area contributed by atoms with E-state index in [1.54, 1.807) is 0 Å². The number of benzene rings is 1. The highest BCUT2D eigenvalue weighted by molar-refractivity contribution is 5.35. The molecule has 0 bridgehead atoms. The molecule has 1 aromatic carbocycles. The van der Waals surface area contributed by atoms with E-state index in [0.717, 1.165) is 6.42 Å². The van der Waals surface area contributed by atoms with E-state index in [-0.39, 0.29) is 6.10 Å². The van der Waals surface area contributed by atoms with Gasteiger partial charge in [0.2, 0.25) is 0 Å². The van der Waals surface area contributed by atoms with Crippen molar-refractivity contribution in [3.05, 3.63) is 34.9 Å². The number of fused-ring (bicyclic) bond motifs is 1. The van der Waals surface area contributed by atoms with Gasteiger partial charge in [0.05, 0.1) is 6.10 Å². The molecule has 0 saturated heterocycles. The highest BCUT2D eigenvalue weighted by Gasteiger charge is 2.20. The first-order chi connectivity index (χ1) is 8.08. The maximum atomic E-state index is 9.84. The fourth-order valence-corrected chi connectivity index (χ4v) is 2.99. The first-order valence-electron chi connectivity index (χ1n) is 6.86. The molecule has 1 aromatic rings. The van der Waals surface area contributed by atoms with E-state index in [0.29, 0.717) is 11.8 Å². The summed E-state index contributed by atoms with van der Waals surface area (Å²) in [4.78, 5) is 0. The molecule has 1 aliphatic rings. The predicted octanol–water partition coefficient (Wildman–Crippen LogP) is 3.37. The topological polar surface area (TPSA) is 20.2 Å². The van der Waals surface area contributed by atoms with Crippen molar-refractivity contribution in [3.63, 3.8) is 0 Å². The fourth-order valence-electron chi connectivity index (χ4n) is 2.99. The largest absolute Gasteiger partial charge is 0.393 e. The molecular formula is C16H24O. The summed E-state index contributed by atoms with van der Waals surface area (Å²) in [5, 5.41) is 9.84. The van der Waals surface area contributed by atoms with Gasteiger partial charge in [0.15, 0.2) is 0 Å². The van der Waals surface area contributed by atoms with E-state index in [2.05, 4.69) is 32.0 Å². The Morgan fingerprint density at radius 1 is 1.12 bits per heavy atom. The van der Waals surface area contributed by atoms with Gasteiger partial charge in [-0.3, -0.25) is 0 Å². The average molecular weight is 232 g/mol. The molecule has 0 heterocycles. The van der Waals surface area contributed by atoms with Crippen LogP contribution in [0.25, 0.3) is 0 Å². The molecule has 1 heteroatoms. The molecule has 0 saturated carbocycles. The van der Waals surface area contributed by atoms with Gasteiger partial charge in [-0.25, -0.2) is 0 Å². The zero-order valence-corrected chi connectivity index (χ0v) is 11.2. The van der Waals surface area contributed by atoms with Crippen LogP contribution in [0.15, 0.2) is 18.2 Å². The van der Waals surface area contributed by atoms with Crippen LogP contribution in [0.2, 0.25) is 0 Å². The van der Waals surface area contributed by atoms with E-state index in [9.17, 15) is 5.11 Å². The van der Waals surface area contributed by atoms with Crippen LogP contribution in [-0.2, 0) is 19.3 Å². The van der Waals surface area contributed by atoms with E-state index >= 15 is 0 Å². The van der Waals surface area contributed by atoms with Crippen molar-refractivity contribution >= 4 is 0 Å². The highest BCUT2D eigenvalue weighted by atomic mass is 16.3.